The van der Waals surface area contributed by atoms with E-state index in [1.165, 1.54) is 18.6 Å². The van der Waals surface area contributed by atoms with Crippen molar-refractivity contribution in [1.82, 2.24) is 34.5 Å². The predicted molar refractivity (Wildman–Crippen MR) is 148 cm³/mol. The van der Waals surface area contributed by atoms with E-state index in [1.807, 2.05) is 13.8 Å². The second-order valence-electron chi connectivity index (χ2n) is 10.6. The zero-order valence-electron chi connectivity index (χ0n) is 22.7. The van der Waals surface area contributed by atoms with Crippen LogP contribution in [-0.4, -0.2) is 56.3 Å². The van der Waals surface area contributed by atoms with Crippen molar-refractivity contribution in [2.24, 2.45) is 5.92 Å². The molecule has 2 aliphatic rings. The van der Waals surface area contributed by atoms with E-state index < -0.39 is 9.84 Å². The molecule has 0 aromatic carbocycles. The molecule has 0 spiro atoms. The van der Waals surface area contributed by atoms with Crippen molar-refractivity contribution in [2.75, 3.05) is 18.7 Å². The smallest absolute Gasteiger partial charge is 0.295 e. The zero-order chi connectivity index (χ0) is 28.2. The maximum atomic E-state index is 13.9. The number of nitrogens with zero attached hydrogens (tertiary/aromatic N) is 7. The lowest BCUT2D eigenvalue weighted by molar-refractivity contribution is 0.397. The molecule has 1 atom stereocenters. The van der Waals surface area contributed by atoms with Gasteiger partial charge in [0.25, 0.3) is 5.56 Å². The van der Waals surface area contributed by atoms with Gasteiger partial charge in [-0.05, 0) is 57.1 Å². The minimum atomic E-state index is -3.40. The van der Waals surface area contributed by atoms with Gasteiger partial charge in [-0.2, -0.15) is 0 Å². The van der Waals surface area contributed by atoms with Crippen molar-refractivity contribution < 1.29 is 13.2 Å². The molecule has 2 fully saturated rings. The molecular weight excluding hydrogens is 532 g/mol. The highest BCUT2D eigenvalue weighted by atomic mass is 32.2. The number of hydrogen-bond acceptors (Lipinski definition) is 11. The van der Waals surface area contributed by atoms with Crippen molar-refractivity contribution in [2.45, 2.75) is 63.1 Å². The van der Waals surface area contributed by atoms with Crippen LogP contribution in [0.2, 0.25) is 0 Å². The van der Waals surface area contributed by atoms with Gasteiger partial charge in [0.2, 0.25) is 5.88 Å². The minimum absolute atomic E-state index is 0.00504. The summed E-state index contributed by atoms with van der Waals surface area (Å²) in [5.41, 5.74) is 3.54. The molecule has 2 saturated carbocycles. The summed E-state index contributed by atoms with van der Waals surface area (Å²) in [6.07, 6.45) is 8.24. The van der Waals surface area contributed by atoms with Crippen LogP contribution in [0, 0.1) is 12.8 Å². The minimum Gasteiger partial charge on any atom is -0.480 e. The molecule has 0 radical (unpaired) electrons. The first kappa shape index (κ1) is 26.2. The first-order valence-corrected chi connectivity index (χ1v) is 15.1. The molecule has 4 heterocycles. The van der Waals surface area contributed by atoms with Crippen molar-refractivity contribution in [3.63, 3.8) is 0 Å². The summed E-state index contributed by atoms with van der Waals surface area (Å²) < 4.78 is 30.8. The van der Waals surface area contributed by atoms with E-state index in [4.69, 9.17) is 14.7 Å². The van der Waals surface area contributed by atoms with Crippen molar-refractivity contribution in [3.05, 3.63) is 52.0 Å². The van der Waals surface area contributed by atoms with Crippen LogP contribution in [0.15, 0.2) is 34.5 Å². The van der Waals surface area contributed by atoms with E-state index in [9.17, 15) is 13.2 Å². The molecule has 0 aliphatic heterocycles. The van der Waals surface area contributed by atoms with Crippen LogP contribution in [0.4, 0.5) is 5.82 Å². The number of ether oxygens (including phenoxy) is 1. The number of aryl methyl sites for hydroxylation is 1. The molecular formula is C27H30N8O4S. The summed E-state index contributed by atoms with van der Waals surface area (Å²) in [6.45, 7) is 4.13. The van der Waals surface area contributed by atoms with Crippen molar-refractivity contribution >= 4 is 26.8 Å². The van der Waals surface area contributed by atoms with Gasteiger partial charge in [0.1, 0.15) is 17.4 Å². The van der Waals surface area contributed by atoms with Crippen molar-refractivity contribution in [1.29, 1.82) is 0 Å². The molecule has 0 bridgehead atoms. The van der Waals surface area contributed by atoms with Crippen LogP contribution in [0.25, 0.3) is 22.6 Å². The van der Waals surface area contributed by atoms with Crippen LogP contribution in [0.5, 0.6) is 5.88 Å². The molecule has 4 aromatic rings. The Kier molecular flexibility index (Phi) is 6.48. The van der Waals surface area contributed by atoms with E-state index in [-0.39, 0.29) is 29.0 Å². The van der Waals surface area contributed by atoms with Gasteiger partial charge in [0.05, 0.1) is 18.5 Å². The maximum absolute atomic E-state index is 13.9. The molecule has 208 valence electrons. The quantitative estimate of drug-likeness (QED) is 0.320. The topological polar surface area (TPSA) is 155 Å². The average Bonchev–Trinajstić information content (AvgIpc) is 3.84. The molecule has 12 nitrogen and oxygen atoms in total. The van der Waals surface area contributed by atoms with Gasteiger partial charge in [-0.15, -0.1) is 0 Å². The van der Waals surface area contributed by atoms with Gasteiger partial charge < -0.3 is 10.1 Å². The largest absolute Gasteiger partial charge is 0.480 e. The van der Waals surface area contributed by atoms with Gasteiger partial charge in [0, 0.05) is 31.0 Å². The van der Waals surface area contributed by atoms with E-state index >= 15 is 0 Å². The third-order valence-electron chi connectivity index (χ3n) is 7.48. The normalized spacial score (nSPS) is 16.2. The van der Waals surface area contributed by atoms with Gasteiger partial charge in [-0.3, -0.25) is 9.36 Å². The standard InChI is InChI=1S/C27H30N8O4S/c1-14-21-25(34-23(32-14)20-22(18-8-9-18)30-13-31-26(20)39-3)35(15(2)17-6-7-17)27(36)24(33-21)29-12-16-5-10-19(28-11-16)40(4,37)38/h5,10-11,13,15,17-18H,6-9,12H2,1-4H3,(H,29,33)/t15-/m0/s1. The fourth-order valence-electron chi connectivity index (χ4n) is 4.95. The van der Waals surface area contributed by atoms with Gasteiger partial charge in [0.15, 0.2) is 32.2 Å². The summed E-state index contributed by atoms with van der Waals surface area (Å²) in [4.78, 5) is 41.1. The zero-order valence-corrected chi connectivity index (χ0v) is 23.6. The molecule has 13 heteroatoms. The van der Waals surface area contributed by atoms with E-state index in [0.717, 1.165) is 37.6 Å². The van der Waals surface area contributed by atoms with Crippen LogP contribution in [-0.2, 0) is 16.4 Å². The summed E-state index contributed by atoms with van der Waals surface area (Å²) in [7, 11) is -1.84. The van der Waals surface area contributed by atoms with Crippen LogP contribution < -0.4 is 15.6 Å². The number of sulfone groups is 1. The number of rotatable bonds is 9. The number of methoxy groups -OCH3 is 1. The summed E-state index contributed by atoms with van der Waals surface area (Å²) >= 11 is 0. The Balaban J connectivity index is 1.45. The first-order chi connectivity index (χ1) is 19.2. The van der Waals surface area contributed by atoms with Gasteiger partial charge in [-0.25, -0.2) is 38.3 Å². The molecule has 2 aliphatic carbocycles. The lowest BCUT2D eigenvalue weighted by Gasteiger charge is -2.20. The van der Waals surface area contributed by atoms with Crippen LogP contribution in [0.1, 0.15) is 61.5 Å². The van der Waals surface area contributed by atoms with E-state index in [2.05, 4.69) is 25.3 Å². The third kappa shape index (κ3) is 4.89. The molecule has 40 heavy (non-hydrogen) atoms. The summed E-state index contributed by atoms with van der Waals surface area (Å²) in [5, 5.41) is 3.12. The van der Waals surface area contributed by atoms with E-state index in [0.29, 0.717) is 51.5 Å². The molecule has 6 rings (SSSR count). The predicted octanol–water partition coefficient (Wildman–Crippen LogP) is 3.22. The molecule has 0 unspecified atom stereocenters. The number of aromatic nitrogens is 7. The highest BCUT2D eigenvalue weighted by Crippen LogP contribution is 2.45. The molecule has 4 aromatic heterocycles. The fraction of sp³-hybridized carbons (Fsp3) is 0.444. The van der Waals surface area contributed by atoms with Gasteiger partial charge in [-0.1, -0.05) is 6.07 Å². The Morgan fingerprint density at radius 2 is 1.88 bits per heavy atom. The molecule has 0 saturated heterocycles. The number of fused-ring (bicyclic) bond motifs is 1. The van der Waals surface area contributed by atoms with Gasteiger partial charge >= 0.3 is 0 Å². The monoisotopic (exact) mass is 562 g/mol. The lowest BCUT2D eigenvalue weighted by Crippen LogP contribution is -2.29. The maximum Gasteiger partial charge on any atom is 0.295 e. The van der Waals surface area contributed by atoms with E-state index in [1.54, 1.807) is 17.7 Å². The highest BCUT2D eigenvalue weighted by Gasteiger charge is 2.34. The Bertz CT molecular complexity index is 1780. The Labute approximate surface area is 231 Å². The number of nitrogens with one attached hydrogen (secondary N) is 1. The second kappa shape index (κ2) is 9.88. The first-order valence-electron chi connectivity index (χ1n) is 13.2. The fourth-order valence-corrected chi connectivity index (χ4v) is 5.51. The number of anilines is 1. The highest BCUT2D eigenvalue weighted by molar-refractivity contribution is 7.90. The van der Waals surface area contributed by atoms with Crippen molar-refractivity contribution in [3.8, 4) is 17.3 Å². The molecule has 1 N–H and O–H groups in total. The lowest BCUT2D eigenvalue weighted by atomic mass is 10.1. The Morgan fingerprint density at radius 3 is 2.50 bits per heavy atom. The van der Waals surface area contributed by atoms with Crippen LogP contribution >= 0.6 is 0 Å². The summed E-state index contributed by atoms with van der Waals surface area (Å²) in [6, 6.07) is 3.02. The Morgan fingerprint density at radius 1 is 1.10 bits per heavy atom. The number of hydrogen-bond donors (Lipinski definition) is 1. The third-order valence-corrected chi connectivity index (χ3v) is 8.49. The average molecular weight is 563 g/mol. The Hall–Kier alpha value is -4.00. The van der Waals surface area contributed by atoms with Crippen LogP contribution in [0.3, 0.4) is 0 Å². The summed E-state index contributed by atoms with van der Waals surface area (Å²) in [5.74, 6) is 1.68. The second-order valence-corrected chi connectivity index (χ2v) is 12.5. The SMILES string of the molecule is COc1ncnc(C2CC2)c1-c1nc(C)c2nc(NCc3ccc(S(C)(=O)=O)nc3)c(=O)n([C@@H](C)C3CC3)c2n1. The number of pyridine rings is 1. The molecule has 0 amide bonds.